The Bertz CT molecular complexity index is 547. The number of nitrogens with zero attached hydrogens (tertiary/aromatic N) is 3. The predicted octanol–water partition coefficient (Wildman–Crippen LogP) is 1.09. The molecule has 0 saturated carbocycles. The predicted molar refractivity (Wildman–Crippen MR) is 87.6 cm³/mol. The van der Waals surface area contributed by atoms with E-state index in [9.17, 15) is 5.11 Å². The fourth-order valence-electron chi connectivity index (χ4n) is 3.34. The molecular formula is C16H25N5O. The lowest BCUT2D eigenvalue weighted by molar-refractivity contribution is 0.193. The second kappa shape index (κ2) is 6.62. The van der Waals surface area contributed by atoms with Gasteiger partial charge in [0, 0.05) is 31.2 Å². The largest absolute Gasteiger partial charge is 0.391 e. The third-order valence-corrected chi connectivity index (χ3v) is 4.64. The van der Waals surface area contributed by atoms with Gasteiger partial charge < -0.3 is 21.1 Å². The van der Waals surface area contributed by atoms with Crippen LogP contribution in [0.3, 0.4) is 0 Å². The maximum Gasteiger partial charge on any atom is 0.134 e. The summed E-state index contributed by atoms with van der Waals surface area (Å²) >= 11 is 0. The van der Waals surface area contributed by atoms with Gasteiger partial charge in [0.1, 0.15) is 18.0 Å². The van der Waals surface area contributed by atoms with Gasteiger partial charge in [-0.05, 0) is 32.6 Å². The molecule has 1 unspecified atom stereocenters. The normalized spacial score (nSPS) is 28.7. The lowest BCUT2D eigenvalue weighted by atomic mass is 9.96. The fraction of sp³-hybridized carbons (Fsp3) is 0.625. The van der Waals surface area contributed by atoms with E-state index >= 15 is 0 Å². The molecule has 22 heavy (non-hydrogen) atoms. The van der Waals surface area contributed by atoms with E-state index in [0.717, 1.165) is 25.2 Å². The van der Waals surface area contributed by atoms with Crippen molar-refractivity contribution in [2.24, 2.45) is 0 Å². The summed E-state index contributed by atoms with van der Waals surface area (Å²) in [6, 6.07) is 2.56. The Labute approximate surface area is 131 Å². The number of hydrogen-bond donors (Lipinski definition) is 3. The fourth-order valence-corrected chi connectivity index (χ4v) is 3.34. The van der Waals surface area contributed by atoms with E-state index in [-0.39, 0.29) is 12.1 Å². The van der Waals surface area contributed by atoms with E-state index in [1.54, 1.807) is 6.07 Å². The van der Waals surface area contributed by atoms with E-state index in [1.165, 1.54) is 24.7 Å². The summed E-state index contributed by atoms with van der Waals surface area (Å²) in [4.78, 5) is 10.4. The highest BCUT2D eigenvalue weighted by atomic mass is 16.3. The zero-order valence-corrected chi connectivity index (χ0v) is 13.1. The number of aromatic nitrogens is 2. The minimum atomic E-state index is -0.309. The number of rotatable bonds is 4. The molecule has 1 aliphatic carbocycles. The van der Waals surface area contributed by atoms with Crippen LogP contribution in [-0.4, -0.2) is 46.4 Å². The average molecular weight is 303 g/mol. The molecule has 120 valence electrons. The molecule has 1 fully saturated rings. The third-order valence-electron chi connectivity index (χ3n) is 4.64. The summed E-state index contributed by atoms with van der Waals surface area (Å²) in [5.74, 6) is 1.27. The Balaban J connectivity index is 1.61. The van der Waals surface area contributed by atoms with E-state index in [2.05, 4.69) is 33.2 Å². The number of nitrogens with two attached hydrogens (primary N) is 1. The van der Waals surface area contributed by atoms with Crippen molar-refractivity contribution in [1.82, 2.24) is 15.3 Å². The number of aliphatic hydroxyl groups excluding tert-OH is 1. The number of β-amino-alcohol motifs (C(OH)–C–C–N with tert-alkyl or cyclic N) is 1. The van der Waals surface area contributed by atoms with E-state index in [4.69, 9.17) is 5.73 Å². The Morgan fingerprint density at radius 2 is 2.32 bits per heavy atom. The summed E-state index contributed by atoms with van der Waals surface area (Å²) in [7, 11) is 0. The van der Waals surface area contributed by atoms with Crippen LogP contribution in [0.2, 0.25) is 0 Å². The van der Waals surface area contributed by atoms with Crippen molar-refractivity contribution < 1.29 is 5.11 Å². The van der Waals surface area contributed by atoms with Gasteiger partial charge in [0.25, 0.3) is 0 Å². The summed E-state index contributed by atoms with van der Waals surface area (Å²) in [5.41, 5.74) is 7.24. The number of hydrogen-bond acceptors (Lipinski definition) is 6. The Morgan fingerprint density at radius 3 is 3.05 bits per heavy atom. The standard InChI is InChI=1S/C16H25N5O/c1-11-2-4-12(5-3-11)18-8-13-6-14(22)9-21(13)16-7-15(17)19-10-20-16/h2,7,10,12-14,18,22H,3-6,8-9H2,1H3,(H2,17,19,20)/t12?,13-,14-/m1/s1. The molecule has 0 bridgehead atoms. The molecule has 1 saturated heterocycles. The zero-order chi connectivity index (χ0) is 15.5. The van der Waals surface area contributed by atoms with Gasteiger partial charge >= 0.3 is 0 Å². The van der Waals surface area contributed by atoms with Crippen LogP contribution in [0, 0.1) is 0 Å². The first-order valence-electron chi connectivity index (χ1n) is 8.03. The van der Waals surface area contributed by atoms with Crippen molar-refractivity contribution >= 4 is 11.6 Å². The molecular weight excluding hydrogens is 278 g/mol. The minimum absolute atomic E-state index is 0.247. The number of nitrogens with one attached hydrogen (secondary N) is 1. The van der Waals surface area contributed by atoms with Crippen LogP contribution in [0.15, 0.2) is 24.0 Å². The van der Waals surface area contributed by atoms with Gasteiger partial charge in [-0.25, -0.2) is 9.97 Å². The molecule has 3 atom stereocenters. The van der Waals surface area contributed by atoms with Gasteiger partial charge in [-0.3, -0.25) is 0 Å². The average Bonchev–Trinajstić information content (AvgIpc) is 2.88. The number of allylic oxidation sites excluding steroid dienone is 1. The van der Waals surface area contributed by atoms with E-state index in [1.807, 2.05) is 0 Å². The summed E-state index contributed by atoms with van der Waals surface area (Å²) in [6.07, 6.45) is 7.73. The highest BCUT2D eigenvalue weighted by Crippen LogP contribution is 2.25. The van der Waals surface area contributed by atoms with Crippen molar-refractivity contribution in [3.8, 4) is 0 Å². The van der Waals surface area contributed by atoms with Gasteiger partial charge in [0.05, 0.1) is 6.10 Å². The molecule has 2 heterocycles. The van der Waals surface area contributed by atoms with Crippen molar-refractivity contribution in [1.29, 1.82) is 0 Å². The summed E-state index contributed by atoms with van der Waals surface area (Å²) in [5, 5.41) is 13.7. The smallest absolute Gasteiger partial charge is 0.134 e. The minimum Gasteiger partial charge on any atom is -0.391 e. The van der Waals surface area contributed by atoms with Gasteiger partial charge in [0.2, 0.25) is 0 Å². The topological polar surface area (TPSA) is 87.3 Å². The van der Waals surface area contributed by atoms with Crippen molar-refractivity contribution in [2.75, 3.05) is 23.7 Å². The molecule has 6 heteroatoms. The highest BCUT2D eigenvalue weighted by molar-refractivity contribution is 5.48. The van der Waals surface area contributed by atoms with Crippen LogP contribution in [0.5, 0.6) is 0 Å². The molecule has 0 spiro atoms. The van der Waals surface area contributed by atoms with Gasteiger partial charge in [0.15, 0.2) is 0 Å². The third kappa shape index (κ3) is 3.56. The Kier molecular flexibility index (Phi) is 4.59. The van der Waals surface area contributed by atoms with E-state index < -0.39 is 0 Å². The molecule has 0 amide bonds. The van der Waals surface area contributed by atoms with Crippen LogP contribution in [0.4, 0.5) is 11.6 Å². The Morgan fingerprint density at radius 1 is 1.45 bits per heavy atom. The molecule has 3 rings (SSSR count). The molecule has 0 radical (unpaired) electrons. The SMILES string of the molecule is CC1=CCC(NC[C@H]2C[C@@H](O)CN2c2cc(N)ncn2)CC1. The number of nitrogen functional groups attached to an aromatic ring is 1. The van der Waals surface area contributed by atoms with Gasteiger partial charge in [-0.2, -0.15) is 0 Å². The quantitative estimate of drug-likeness (QED) is 0.722. The lowest BCUT2D eigenvalue weighted by Crippen LogP contribution is -2.42. The maximum absolute atomic E-state index is 10.0. The van der Waals surface area contributed by atoms with Crippen LogP contribution in [-0.2, 0) is 0 Å². The van der Waals surface area contributed by atoms with Gasteiger partial charge in [-0.1, -0.05) is 11.6 Å². The zero-order valence-electron chi connectivity index (χ0n) is 13.1. The number of anilines is 2. The molecule has 1 aliphatic heterocycles. The van der Waals surface area contributed by atoms with Gasteiger partial charge in [-0.15, -0.1) is 0 Å². The molecule has 1 aromatic heterocycles. The number of aliphatic hydroxyl groups is 1. The molecule has 2 aliphatic rings. The van der Waals surface area contributed by atoms with Crippen molar-refractivity contribution in [2.45, 2.75) is 50.8 Å². The lowest BCUT2D eigenvalue weighted by Gasteiger charge is -2.29. The second-order valence-electron chi connectivity index (χ2n) is 6.43. The van der Waals surface area contributed by atoms with Crippen LogP contribution in [0.1, 0.15) is 32.6 Å². The second-order valence-corrected chi connectivity index (χ2v) is 6.43. The van der Waals surface area contributed by atoms with Crippen molar-refractivity contribution in [3.05, 3.63) is 24.0 Å². The van der Waals surface area contributed by atoms with Crippen LogP contribution >= 0.6 is 0 Å². The first-order valence-corrected chi connectivity index (χ1v) is 8.03. The van der Waals surface area contributed by atoms with Crippen molar-refractivity contribution in [3.63, 3.8) is 0 Å². The van der Waals surface area contributed by atoms with E-state index in [0.29, 0.717) is 18.4 Å². The first-order chi connectivity index (χ1) is 10.6. The molecule has 6 nitrogen and oxygen atoms in total. The Hall–Kier alpha value is -1.66. The van der Waals surface area contributed by atoms with Crippen LogP contribution < -0.4 is 16.0 Å². The monoisotopic (exact) mass is 303 g/mol. The highest BCUT2D eigenvalue weighted by Gasteiger charge is 2.32. The molecule has 4 N–H and O–H groups in total. The maximum atomic E-state index is 10.0. The summed E-state index contributed by atoms with van der Waals surface area (Å²) in [6.45, 7) is 3.66. The first kappa shape index (κ1) is 15.2. The summed E-state index contributed by atoms with van der Waals surface area (Å²) < 4.78 is 0. The molecule has 0 aromatic carbocycles. The molecule has 1 aromatic rings. The van der Waals surface area contributed by atoms with Crippen LogP contribution in [0.25, 0.3) is 0 Å².